The largest absolute Gasteiger partial charge is 0.364 e. The Morgan fingerprint density at radius 3 is 2.71 bits per heavy atom. The third-order valence-electron chi connectivity index (χ3n) is 6.95. The highest BCUT2D eigenvalue weighted by molar-refractivity contribution is 5.96. The first-order valence-corrected chi connectivity index (χ1v) is 11.9. The van der Waals surface area contributed by atoms with Crippen LogP contribution in [0.25, 0.3) is 0 Å². The Labute approximate surface area is 198 Å². The van der Waals surface area contributed by atoms with Gasteiger partial charge in [-0.15, -0.1) is 0 Å². The number of piperidine rings is 2. The molecule has 34 heavy (non-hydrogen) atoms. The SMILES string of the molecule is CN1CCN(C2CCCN(c3cnc(C(N)=O)c(Nc4cnn(C5CCNCC5)c4)n3)C2)C1=O. The van der Waals surface area contributed by atoms with Crippen molar-refractivity contribution >= 4 is 29.3 Å². The Kier molecular flexibility index (Phi) is 6.22. The standard InChI is InChI=1S/C22H32N10O2/c1-29-9-10-31(22(29)34)17-3-2-8-30(14-17)18-12-25-19(20(23)33)21(28-18)27-15-11-26-32(13-15)16-4-6-24-7-5-16/h11-13,16-17,24H,2-10,14H2,1H3,(H2,23,33)(H,27,28). The second kappa shape index (κ2) is 9.45. The van der Waals surface area contributed by atoms with Crippen molar-refractivity contribution in [2.75, 3.05) is 56.5 Å². The minimum absolute atomic E-state index is 0.0788. The van der Waals surface area contributed by atoms with Crippen LogP contribution in [-0.4, -0.2) is 93.8 Å². The Bertz CT molecular complexity index is 1050. The van der Waals surface area contributed by atoms with E-state index in [9.17, 15) is 9.59 Å². The third-order valence-corrected chi connectivity index (χ3v) is 6.95. The zero-order valence-corrected chi connectivity index (χ0v) is 19.5. The normalized spacial score (nSPS) is 21.9. The van der Waals surface area contributed by atoms with Gasteiger partial charge in [-0.2, -0.15) is 5.10 Å². The molecule has 0 spiro atoms. The second-order valence-electron chi connectivity index (χ2n) is 9.24. The summed E-state index contributed by atoms with van der Waals surface area (Å²) in [6.45, 7) is 4.93. The number of anilines is 3. The van der Waals surface area contributed by atoms with Crippen molar-refractivity contribution in [1.82, 2.24) is 34.9 Å². The number of aromatic nitrogens is 4. The Hall–Kier alpha value is -3.41. The topological polar surface area (TPSA) is 138 Å². The van der Waals surface area contributed by atoms with Gasteiger partial charge in [0.1, 0.15) is 5.82 Å². The molecule has 0 aliphatic carbocycles. The maximum absolute atomic E-state index is 12.5. The summed E-state index contributed by atoms with van der Waals surface area (Å²) < 4.78 is 1.96. The summed E-state index contributed by atoms with van der Waals surface area (Å²) in [5.74, 6) is 0.325. The molecule has 0 saturated carbocycles. The van der Waals surface area contributed by atoms with Crippen LogP contribution in [-0.2, 0) is 0 Å². The average Bonchev–Trinajstić information content (AvgIpc) is 3.46. The number of carbonyl (C=O) groups excluding carboxylic acids is 2. The lowest BCUT2D eigenvalue weighted by molar-refractivity contribution is 0.0996. The molecule has 182 valence electrons. The number of rotatable bonds is 6. The summed E-state index contributed by atoms with van der Waals surface area (Å²) in [5, 5.41) is 11.1. The van der Waals surface area contributed by atoms with Crippen molar-refractivity contribution in [1.29, 1.82) is 0 Å². The van der Waals surface area contributed by atoms with Crippen LogP contribution in [0.1, 0.15) is 42.2 Å². The molecule has 0 radical (unpaired) electrons. The van der Waals surface area contributed by atoms with E-state index in [1.807, 2.05) is 22.8 Å². The summed E-state index contributed by atoms with van der Waals surface area (Å²) in [5.41, 5.74) is 6.40. The zero-order chi connectivity index (χ0) is 23.7. The summed E-state index contributed by atoms with van der Waals surface area (Å²) in [4.78, 5) is 39.4. The fraction of sp³-hybridized carbons (Fsp3) is 0.591. The number of likely N-dealkylation sites (N-methyl/N-ethyl adjacent to an activating group) is 1. The third kappa shape index (κ3) is 4.49. The summed E-state index contributed by atoms with van der Waals surface area (Å²) in [7, 11) is 1.84. The molecule has 3 aliphatic rings. The molecule has 4 N–H and O–H groups in total. The van der Waals surface area contributed by atoms with Gasteiger partial charge in [-0.25, -0.2) is 14.8 Å². The number of nitrogens with zero attached hydrogens (tertiary/aromatic N) is 7. The molecule has 3 aliphatic heterocycles. The van der Waals surface area contributed by atoms with Crippen LogP contribution in [0.2, 0.25) is 0 Å². The Morgan fingerprint density at radius 2 is 1.97 bits per heavy atom. The highest BCUT2D eigenvalue weighted by Crippen LogP contribution is 2.27. The molecule has 3 saturated heterocycles. The first kappa shape index (κ1) is 22.4. The van der Waals surface area contributed by atoms with E-state index in [-0.39, 0.29) is 17.8 Å². The van der Waals surface area contributed by atoms with Gasteiger partial charge in [0.05, 0.1) is 30.2 Å². The Balaban J connectivity index is 1.34. The number of urea groups is 1. The van der Waals surface area contributed by atoms with Crippen LogP contribution >= 0.6 is 0 Å². The molecule has 1 atom stereocenters. The predicted molar refractivity (Wildman–Crippen MR) is 127 cm³/mol. The fourth-order valence-electron chi connectivity index (χ4n) is 5.03. The van der Waals surface area contributed by atoms with E-state index in [1.165, 1.54) is 0 Å². The first-order valence-electron chi connectivity index (χ1n) is 11.9. The number of hydrogen-bond acceptors (Lipinski definition) is 8. The van der Waals surface area contributed by atoms with E-state index in [0.29, 0.717) is 24.2 Å². The van der Waals surface area contributed by atoms with Crippen molar-refractivity contribution in [3.05, 3.63) is 24.3 Å². The van der Waals surface area contributed by atoms with E-state index in [1.54, 1.807) is 17.3 Å². The number of primary amides is 1. The van der Waals surface area contributed by atoms with Crippen LogP contribution in [0.5, 0.6) is 0 Å². The monoisotopic (exact) mass is 468 g/mol. The van der Waals surface area contributed by atoms with E-state index in [0.717, 1.165) is 64.1 Å². The molecule has 2 aromatic heterocycles. The van der Waals surface area contributed by atoms with E-state index in [4.69, 9.17) is 10.7 Å². The van der Waals surface area contributed by atoms with Gasteiger partial charge in [0.2, 0.25) is 0 Å². The molecule has 0 bridgehead atoms. The fourth-order valence-corrected chi connectivity index (χ4v) is 5.03. The molecule has 0 aromatic carbocycles. The summed E-state index contributed by atoms with van der Waals surface area (Å²) >= 11 is 0. The minimum Gasteiger partial charge on any atom is -0.364 e. The van der Waals surface area contributed by atoms with Gasteiger partial charge in [-0.05, 0) is 38.8 Å². The molecular weight excluding hydrogens is 436 g/mol. The summed E-state index contributed by atoms with van der Waals surface area (Å²) in [6, 6.07) is 0.557. The quantitative estimate of drug-likeness (QED) is 0.565. The summed E-state index contributed by atoms with van der Waals surface area (Å²) in [6.07, 6.45) is 9.20. The molecule has 2 aromatic rings. The molecule has 1 unspecified atom stereocenters. The number of nitrogens with one attached hydrogen (secondary N) is 2. The lowest BCUT2D eigenvalue weighted by Gasteiger charge is -2.37. The number of nitrogens with two attached hydrogens (primary N) is 1. The molecule has 5 heterocycles. The van der Waals surface area contributed by atoms with Crippen molar-refractivity contribution in [2.24, 2.45) is 5.73 Å². The van der Waals surface area contributed by atoms with Gasteiger partial charge < -0.3 is 31.1 Å². The molecular formula is C22H32N10O2. The van der Waals surface area contributed by atoms with E-state index in [2.05, 4.69) is 25.6 Å². The van der Waals surface area contributed by atoms with Crippen molar-refractivity contribution < 1.29 is 9.59 Å². The van der Waals surface area contributed by atoms with Crippen molar-refractivity contribution in [3.8, 4) is 0 Å². The highest BCUT2D eigenvalue weighted by atomic mass is 16.2. The molecule has 3 fully saturated rings. The smallest absolute Gasteiger partial charge is 0.320 e. The maximum Gasteiger partial charge on any atom is 0.320 e. The van der Waals surface area contributed by atoms with Crippen LogP contribution in [0.4, 0.5) is 22.1 Å². The molecule has 5 rings (SSSR count). The zero-order valence-electron chi connectivity index (χ0n) is 19.5. The molecule has 12 nitrogen and oxygen atoms in total. The van der Waals surface area contributed by atoms with Crippen LogP contribution < -0.4 is 21.3 Å². The van der Waals surface area contributed by atoms with Gasteiger partial charge in [0.15, 0.2) is 11.5 Å². The van der Waals surface area contributed by atoms with Crippen LogP contribution in [0.15, 0.2) is 18.6 Å². The van der Waals surface area contributed by atoms with Gasteiger partial charge in [-0.1, -0.05) is 0 Å². The second-order valence-corrected chi connectivity index (χ2v) is 9.24. The lowest BCUT2D eigenvalue weighted by atomic mass is 10.0. The van der Waals surface area contributed by atoms with Gasteiger partial charge >= 0.3 is 6.03 Å². The van der Waals surface area contributed by atoms with E-state index < -0.39 is 5.91 Å². The van der Waals surface area contributed by atoms with E-state index >= 15 is 0 Å². The van der Waals surface area contributed by atoms with Crippen LogP contribution in [0, 0.1) is 0 Å². The number of carbonyl (C=O) groups is 2. The number of amides is 3. The Morgan fingerprint density at radius 1 is 1.15 bits per heavy atom. The predicted octanol–water partition coefficient (Wildman–Crippen LogP) is 0.776. The molecule has 3 amide bonds. The maximum atomic E-state index is 12.5. The van der Waals surface area contributed by atoms with Crippen LogP contribution in [0.3, 0.4) is 0 Å². The highest BCUT2D eigenvalue weighted by Gasteiger charge is 2.34. The van der Waals surface area contributed by atoms with Crippen molar-refractivity contribution in [3.63, 3.8) is 0 Å². The van der Waals surface area contributed by atoms with Gasteiger partial charge in [-0.3, -0.25) is 9.48 Å². The van der Waals surface area contributed by atoms with Gasteiger partial charge in [0.25, 0.3) is 5.91 Å². The average molecular weight is 469 g/mol. The van der Waals surface area contributed by atoms with Crippen molar-refractivity contribution in [2.45, 2.75) is 37.8 Å². The van der Waals surface area contributed by atoms with Gasteiger partial charge in [0, 0.05) is 39.4 Å². The minimum atomic E-state index is -0.644. The first-order chi connectivity index (χ1) is 16.5. The lowest BCUT2D eigenvalue weighted by Crippen LogP contribution is -2.49. The molecule has 12 heteroatoms. The number of hydrogen-bond donors (Lipinski definition) is 3.